The van der Waals surface area contributed by atoms with Gasteiger partial charge in [-0.15, -0.1) is 0 Å². The Kier molecular flexibility index (Phi) is 4.17. The summed E-state index contributed by atoms with van der Waals surface area (Å²) >= 11 is 8.22. The predicted molar refractivity (Wildman–Crippen MR) is 73.9 cm³/mol. The molecule has 1 N–H and O–H groups in total. The van der Waals surface area contributed by atoms with E-state index in [1.165, 1.54) is 0 Å². The molecule has 0 spiro atoms. The summed E-state index contributed by atoms with van der Waals surface area (Å²) < 4.78 is 0. The van der Waals surface area contributed by atoms with Crippen LogP contribution in [0.1, 0.15) is 19.4 Å². The molecule has 0 radical (unpaired) electrons. The van der Waals surface area contributed by atoms with E-state index in [1.807, 2.05) is 11.8 Å². The number of aliphatic hydroxyl groups is 1. The van der Waals surface area contributed by atoms with Crippen molar-refractivity contribution >= 4 is 29.2 Å². The molecular weight excluding hydrogens is 256 g/mol. The summed E-state index contributed by atoms with van der Waals surface area (Å²) in [5.41, 5.74) is 0.755. The van der Waals surface area contributed by atoms with Crippen molar-refractivity contribution in [3.05, 3.63) is 22.8 Å². The molecule has 2 heterocycles. The molecule has 94 valence electrons. The van der Waals surface area contributed by atoms with Crippen LogP contribution in [0.4, 0.5) is 5.82 Å². The number of rotatable bonds is 2. The largest absolute Gasteiger partial charge is 0.392 e. The van der Waals surface area contributed by atoms with Crippen LogP contribution in [0.15, 0.2) is 12.3 Å². The Balaban J connectivity index is 2.27. The highest BCUT2D eigenvalue weighted by atomic mass is 35.5. The van der Waals surface area contributed by atoms with Gasteiger partial charge in [0.2, 0.25) is 0 Å². The van der Waals surface area contributed by atoms with Crippen molar-refractivity contribution in [1.29, 1.82) is 0 Å². The number of pyridine rings is 1. The average Bonchev–Trinajstić information content (AvgIpc) is 2.33. The van der Waals surface area contributed by atoms with Crippen LogP contribution in [0.5, 0.6) is 0 Å². The van der Waals surface area contributed by atoms with E-state index >= 15 is 0 Å². The van der Waals surface area contributed by atoms with Crippen molar-refractivity contribution in [3.63, 3.8) is 0 Å². The maximum Gasteiger partial charge on any atom is 0.147 e. The molecule has 17 heavy (non-hydrogen) atoms. The van der Waals surface area contributed by atoms with Gasteiger partial charge in [0, 0.05) is 29.8 Å². The monoisotopic (exact) mass is 272 g/mol. The predicted octanol–water partition coefficient (Wildman–Crippen LogP) is 2.56. The van der Waals surface area contributed by atoms with E-state index in [1.54, 1.807) is 12.3 Å². The van der Waals surface area contributed by atoms with Crippen LogP contribution in [0.2, 0.25) is 5.02 Å². The molecule has 0 saturated carbocycles. The third-order valence-corrected chi connectivity index (χ3v) is 4.83. The summed E-state index contributed by atoms with van der Waals surface area (Å²) in [6.45, 7) is 5.39. The van der Waals surface area contributed by atoms with Gasteiger partial charge in [-0.05, 0) is 18.6 Å². The van der Waals surface area contributed by atoms with Crippen molar-refractivity contribution in [2.24, 2.45) is 0 Å². The smallest absolute Gasteiger partial charge is 0.147 e. The summed E-state index contributed by atoms with van der Waals surface area (Å²) in [5, 5.41) is 10.3. The Labute approximate surface area is 111 Å². The van der Waals surface area contributed by atoms with E-state index in [9.17, 15) is 0 Å². The van der Waals surface area contributed by atoms with E-state index in [2.05, 4.69) is 23.7 Å². The number of nitrogens with zero attached hydrogens (tertiary/aromatic N) is 2. The molecule has 0 amide bonds. The molecule has 1 aliphatic rings. The molecule has 2 unspecified atom stereocenters. The molecular formula is C12H17ClN2OS. The summed E-state index contributed by atoms with van der Waals surface area (Å²) in [6.07, 6.45) is 1.69. The fourth-order valence-electron chi connectivity index (χ4n) is 2.00. The molecule has 0 aromatic carbocycles. The van der Waals surface area contributed by atoms with E-state index in [-0.39, 0.29) is 6.61 Å². The van der Waals surface area contributed by atoms with Gasteiger partial charge in [0.05, 0.1) is 11.6 Å². The first kappa shape index (κ1) is 13.0. The van der Waals surface area contributed by atoms with Crippen LogP contribution in [0.25, 0.3) is 0 Å². The van der Waals surface area contributed by atoms with Crippen LogP contribution in [0, 0.1) is 0 Å². The van der Waals surface area contributed by atoms with Gasteiger partial charge >= 0.3 is 0 Å². The Morgan fingerprint density at radius 2 is 2.35 bits per heavy atom. The summed E-state index contributed by atoms with van der Waals surface area (Å²) in [6, 6.07) is 2.22. The van der Waals surface area contributed by atoms with Gasteiger partial charge in [-0.1, -0.05) is 18.5 Å². The lowest BCUT2D eigenvalue weighted by Gasteiger charge is -2.38. The molecule has 1 aliphatic heterocycles. The van der Waals surface area contributed by atoms with Crippen molar-refractivity contribution < 1.29 is 5.11 Å². The maximum absolute atomic E-state index is 9.04. The van der Waals surface area contributed by atoms with Gasteiger partial charge in [-0.25, -0.2) is 4.98 Å². The zero-order chi connectivity index (χ0) is 12.4. The van der Waals surface area contributed by atoms with Crippen LogP contribution < -0.4 is 4.90 Å². The molecule has 2 rings (SSSR count). The van der Waals surface area contributed by atoms with Crippen molar-refractivity contribution in [2.75, 3.05) is 17.2 Å². The Morgan fingerprint density at radius 3 is 3.00 bits per heavy atom. The van der Waals surface area contributed by atoms with Gasteiger partial charge in [0.25, 0.3) is 0 Å². The molecule has 5 heteroatoms. The highest BCUT2D eigenvalue weighted by molar-refractivity contribution is 8.00. The molecule has 1 saturated heterocycles. The van der Waals surface area contributed by atoms with Crippen LogP contribution >= 0.6 is 23.4 Å². The van der Waals surface area contributed by atoms with Crippen molar-refractivity contribution in [1.82, 2.24) is 4.98 Å². The molecule has 0 aliphatic carbocycles. The standard InChI is InChI=1S/C12H17ClN2OS/c1-8-9(2)17-4-3-15(8)12-11(13)5-10(7-16)6-14-12/h5-6,8-9,16H,3-4,7H2,1-2H3. The lowest BCUT2D eigenvalue weighted by atomic mass is 10.2. The summed E-state index contributed by atoms with van der Waals surface area (Å²) in [5.74, 6) is 1.94. The second-order valence-corrected chi connectivity index (χ2v) is 6.21. The van der Waals surface area contributed by atoms with Gasteiger partial charge in [-0.2, -0.15) is 11.8 Å². The lowest BCUT2D eigenvalue weighted by molar-refractivity contribution is 0.281. The van der Waals surface area contributed by atoms with Gasteiger partial charge < -0.3 is 10.0 Å². The minimum absolute atomic E-state index is 0.0190. The lowest BCUT2D eigenvalue weighted by Crippen LogP contribution is -2.45. The number of halogens is 1. The zero-order valence-electron chi connectivity index (χ0n) is 10.1. The third-order valence-electron chi connectivity index (χ3n) is 3.22. The molecule has 0 bridgehead atoms. The number of hydrogen-bond donors (Lipinski definition) is 1. The van der Waals surface area contributed by atoms with E-state index < -0.39 is 0 Å². The maximum atomic E-state index is 9.04. The third kappa shape index (κ3) is 2.69. The fourth-order valence-corrected chi connectivity index (χ4v) is 3.40. The Hall–Kier alpha value is -0.450. The van der Waals surface area contributed by atoms with Crippen molar-refractivity contribution in [3.8, 4) is 0 Å². The Morgan fingerprint density at radius 1 is 1.59 bits per heavy atom. The minimum atomic E-state index is -0.0190. The summed E-state index contributed by atoms with van der Waals surface area (Å²) in [4.78, 5) is 6.64. The number of anilines is 1. The van der Waals surface area contributed by atoms with Gasteiger partial charge in [0.1, 0.15) is 5.82 Å². The number of hydrogen-bond acceptors (Lipinski definition) is 4. The second-order valence-electron chi connectivity index (χ2n) is 4.32. The fraction of sp³-hybridized carbons (Fsp3) is 0.583. The quantitative estimate of drug-likeness (QED) is 0.898. The molecule has 1 fully saturated rings. The molecule has 1 aromatic heterocycles. The van der Waals surface area contributed by atoms with E-state index in [0.29, 0.717) is 16.3 Å². The van der Waals surface area contributed by atoms with Gasteiger partial charge in [-0.3, -0.25) is 0 Å². The summed E-state index contributed by atoms with van der Waals surface area (Å²) in [7, 11) is 0. The SMILES string of the molecule is CC1SCCN(c2ncc(CO)cc2Cl)C1C. The number of aliphatic hydroxyl groups excluding tert-OH is 1. The van der Waals surface area contributed by atoms with Crippen LogP contribution in [0.3, 0.4) is 0 Å². The second kappa shape index (κ2) is 5.46. The van der Waals surface area contributed by atoms with Crippen LogP contribution in [-0.2, 0) is 6.61 Å². The molecule has 2 atom stereocenters. The first-order chi connectivity index (χ1) is 8.13. The zero-order valence-corrected chi connectivity index (χ0v) is 11.6. The highest BCUT2D eigenvalue weighted by Crippen LogP contribution is 2.32. The van der Waals surface area contributed by atoms with Crippen LogP contribution in [-0.4, -0.2) is 33.7 Å². The topological polar surface area (TPSA) is 36.4 Å². The normalized spacial score (nSPS) is 25.1. The highest BCUT2D eigenvalue weighted by Gasteiger charge is 2.27. The molecule has 1 aromatic rings. The molecule has 3 nitrogen and oxygen atoms in total. The number of thioether (sulfide) groups is 1. The van der Waals surface area contributed by atoms with Gasteiger partial charge in [0.15, 0.2) is 0 Å². The minimum Gasteiger partial charge on any atom is -0.392 e. The van der Waals surface area contributed by atoms with E-state index in [0.717, 1.165) is 23.7 Å². The average molecular weight is 273 g/mol. The first-order valence-electron chi connectivity index (χ1n) is 5.77. The Bertz CT molecular complexity index is 402. The van der Waals surface area contributed by atoms with E-state index in [4.69, 9.17) is 16.7 Å². The number of aromatic nitrogens is 1. The van der Waals surface area contributed by atoms with Crippen molar-refractivity contribution in [2.45, 2.75) is 31.7 Å². The first-order valence-corrected chi connectivity index (χ1v) is 7.19.